The summed E-state index contributed by atoms with van der Waals surface area (Å²) in [5.74, 6) is -2.04. The number of nitrogens with one attached hydrogen (secondary N) is 2. The number of fused-ring (bicyclic) bond motifs is 3. The van der Waals surface area contributed by atoms with Crippen molar-refractivity contribution in [3.8, 4) is 11.1 Å². The number of hydrogen-bond donors (Lipinski definition) is 3. The van der Waals surface area contributed by atoms with Crippen LogP contribution in [0.4, 0.5) is 4.79 Å². The smallest absolute Gasteiger partial charge is 0.407 e. The quantitative estimate of drug-likeness (QED) is 0.515. The maximum absolute atomic E-state index is 12.6. The van der Waals surface area contributed by atoms with Crippen LogP contribution in [0.1, 0.15) is 23.5 Å². The molecule has 3 atom stereocenters. The highest BCUT2D eigenvalue weighted by Gasteiger charge is 2.32. The van der Waals surface area contributed by atoms with Gasteiger partial charge in [0.1, 0.15) is 12.6 Å². The third kappa shape index (κ3) is 5.21. The molecule has 2 aliphatic rings. The average Bonchev–Trinajstić information content (AvgIpc) is 3.44. The highest BCUT2D eigenvalue weighted by Crippen LogP contribution is 2.44. The van der Waals surface area contributed by atoms with Crippen LogP contribution in [0.2, 0.25) is 0 Å². The van der Waals surface area contributed by atoms with Gasteiger partial charge in [0.25, 0.3) is 0 Å². The van der Waals surface area contributed by atoms with Crippen LogP contribution in [-0.2, 0) is 23.8 Å². The maximum Gasteiger partial charge on any atom is 0.407 e. The maximum atomic E-state index is 12.6. The number of benzene rings is 2. The second kappa shape index (κ2) is 10.7. The lowest BCUT2D eigenvalue weighted by molar-refractivity contribution is -0.141. The molecule has 1 heterocycles. The molecule has 0 spiro atoms. The zero-order valence-corrected chi connectivity index (χ0v) is 18.9. The molecule has 4 rings (SSSR count). The van der Waals surface area contributed by atoms with Gasteiger partial charge in [0.2, 0.25) is 5.91 Å². The Bertz CT molecular complexity index is 1010. The summed E-state index contributed by atoms with van der Waals surface area (Å²) in [6.07, 6.45) is -0.783. The predicted molar refractivity (Wildman–Crippen MR) is 122 cm³/mol. The van der Waals surface area contributed by atoms with Crippen molar-refractivity contribution in [1.82, 2.24) is 10.6 Å². The minimum Gasteiger partial charge on any atom is -0.481 e. The number of methoxy groups -OCH3 is 1. The first-order chi connectivity index (χ1) is 16.5. The molecule has 1 aliphatic heterocycles. The molecule has 2 aromatic rings. The van der Waals surface area contributed by atoms with Gasteiger partial charge in [-0.05, 0) is 28.7 Å². The van der Waals surface area contributed by atoms with Gasteiger partial charge in [-0.3, -0.25) is 9.59 Å². The molecule has 9 heteroatoms. The van der Waals surface area contributed by atoms with Gasteiger partial charge >= 0.3 is 12.1 Å². The van der Waals surface area contributed by atoms with Crippen molar-refractivity contribution in [3.05, 3.63) is 59.7 Å². The van der Waals surface area contributed by atoms with Crippen LogP contribution in [0, 0.1) is 5.92 Å². The summed E-state index contributed by atoms with van der Waals surface area (Å²) < 4.78 is 16.0. The van der Waals surface area contributed by atoms with E-state index in [0.29, 0.717) is 6.42 Å². The second-order valence-electron chi connectivity index (χ2n) is 8.45. The number of alkyl carbamates (subject to hydrolysis) is 1. The zero-order chi connectivity index (χ0) is 24.1. The number of amides is 2. The van der Waals surface area contributed by atoms with Crippen molar-refractivity contribution < 1.29 is 33.7 Å². The molecule has 1 aliphatic carbocycles. The Kier molecular flexibility index (Phi) is 7.44. The molecule has 3 N–H and O–H groups in total. The van der Waals surface area contributed by atoms with E-state index in [1.807, 2.05) is 36.4 Å². The van der Waals surface area contributed by atoms with Gasteiger partial charge in [-0.2, -0.15) is 0 Å². The molecule has 2 amide bonds. The van der Waals surface area contributed by atoms with E-state index in [4.69, 9.17) is 19.3 Å². The molecule has 1 fully saturated rings. The summed E-state index contributed by atoms with van der Waals surface area (Å²) in [4.78, 5) is 36.2. The van der Waals surface area contributed by atoms with E-state index in [1.54, 1.807) is 0 Å². The fourth-order valence-electron chi connectivity index (χ4n) is 4.49. The Morgan fingerprint density at radius 2 is 1.74 bits per heavy atom. The van der Waals surface area contributed by atoms with E-state index in [9.17, 15) is 14.4 Å². The zero-order valence-electron chi connectivity index (χ0n) is 18.9. The van der Waals surface area contributed by atoms with Gasteiger partial charge in [-0.25, -0.2) is 4.79 Å². The van der Waals surface area contributed by atoms with Crippen LogP contribution < -0.4 is 10.6 Å². The van der Waals surface area contributed by atoms with E-state index in [1.165, 1.54) is 7.11 Å². The van der Waals surface area contributed by atoms with Crippen LogP contribution in [0.25, 0.3) is 11.1 Å². The number of carbonyl (C=O) groups excluding carboxylic acids is 2. The normalized spacial score (nSPS) is 19.7. The molecule has 9 nitrogen and oxygen atoms in total. The molecule has 1 saturated heterocycles. The highest BCUT2D eigenvalue weighted by atomic mass is 16.5. The Labute approximate surface area is 197 Å². The minimum absolute atomic E-state index is 0.0424. The second-order valence-corrected chi connectivity index (χ2v) is 8.45. The molecule has 0 saturated carbocycles. The summed E-state index contributed by atoms with van der Waals surface area (Å²) in [7, 11) is 1.43. The van der Waals surface area contributed by atoms with E-state index < -0.39 is 29.9 Å². The molecular formula is C25H28N2O7. The number of aliphatic carboxylic acids is 1. The van der Waals surface area contributed by atoms with Crippen molar-refractivity contribution in [1.29, 1.82) is 0 Å². The summed E-state index contributed by atoms with van der Waals surface area (Å²) >= 11 is 0. The SMILES string of the molecule is COCC(NC(=O)OCC1c2ccccc2-c2ccccc21)C(=O)NC[C@@H]1C[C@H](C(=O)O)CO1. The van der Waals surface area contributed by atoms with E-state index in [2.05, 4.69) is 22.8 Å². The number of ether oxygens (including phenoxy) is 3. The van der Waals surface area contributed by atoms with Crippen LogP contribution in [0.5, 0.6) is 0 Å². The summed E-state index contributed by atoms with van der Waals surface area (Å²) in [5.41, 5.74) is 4.45. The largest absolute Gasteiger partial charge is 0.481 e. The fraction of sp³-hybridized carbons (Fsp3) is 0.400. The molecule has 180 valence electrons. The molecule has 0 aromatic heterocycles. The average molecular weight is 469 g/mol. The van der Waals surface area contributed by atoms with E-state index >= 15 is 0 Å². The van der Waals surface area contributed by atoms with Gasteiger partial charge in [-0.1, -0.05) is 48.5 Å². The molecule has 2 aromatic carbocycles. The van der Waals surface area contributed by atoms with Gasteiger partial charge in [0.05, 0.1) is 25.2 Å². The van der Waals surface area contributed by atoms with E-state index in [0.717, 1.165) is 22.3 Å². The summed E-state index contributed by atoms with van der Waals surface area (Å²) in [6, 6.07) is 15.1. The fourth-order valence-corrected chi connectivity index (χ4v) is 4.49. The Morgan fingerprint density at radius 3 is 2.32 bits per heavy atom. The molecule has 0 bridgehead atoms. The predicted octanol–water partition coefficient (Wildman–Crippen LogP) is 2.15. The Morgan fingerprint density at radius 1 is 1.09 bits per heavy atom. The number of hydrogen-bond acceptors (Lipinski definition) is 6. The van der Waals surface area contributed by atoms with Crippen LogP contribution in [0.3, 0.4) is 0 Å². The van der Waals surface area contributed by atoms with Crippen LogP contribution >= 0.6 is 0 Å². The lowest BCUT2D eigenvalue weighted by Gasteiger charge is -2.20. The first kappa shape index (κ1) is 23.7. The first-order valence-electron chi connectivity index (χ1n) is 11.2. The Balaban J connectivity index is 1.31. The molecule has 34 heavy (non-hydrogen) atoms. The van der Waals surface area contributed by atoms with Crippen LogP contribution in [0.15, 0.2) is 48.5 Å². The van der Waals surface area contributed by atoms with Crippen LogP contribution in [-0.4, -0.2) is 68.7 Å². The molecular weight excluding hydrogens is 440 g/mol. The lowest BCUT2D eigenvalue weighted by Crippen LogP contribution is -2.50. The Hall–Kier alpha value is -3.43. The van der Waals surface area contributed by atoms with Gasteiger partial charge in [-0.15, -0.1) is 0 Å². The number of rotatable bonds is 9. The monoisotopic (exact) mass is 468 g/mol. The first-order valence-corrected chi connectivity index (χ1v) is 11.2. The minimum atomic E-state index is -0.961. The summed E-state index contributed by atoms with van der Waals surface area (Å²) in [6.45, 7) is 0.359. The number of carboxylic acids is 1. The summed E-state index contributed by atoms with van der Waals surface area (Å²) in [5, 5.41) is 14.3. The van der Waals surface area contributed by atoms with Gasteiger partial charge < -0.3 is 30.0 Å². The van der Waals surface area contributed by atoms with Crippen molar-refractivity contribution in [2.24, 2.45) is 5.92 Å². The molecule has 1 unspecified atom stereocenters. The highest BCUT2D eigenvalue weighted by molar-refractivity contribution is 5.86. The van der Waals surface area contributed by atoms with Crippen molar-refractivity contribution >= 4 is 18.0 Å². The van der Waals surface area contributed by atoms with Crippen molar-refractivity contribution in [2.75, 3.05) is 33.5 Å². The van der Waals surface area contributed by atoms with Gasteiger partial charge in [0.15, 0.2) is 0 Å². The third-order valence-corrected chi connectivity index (χ3v) is 6.22. The van der Waals surface area contributed by atoms with Crippen molar-refractivity contribution in [2.45, 2.75) is 24.5 Å². The number of carbonyl (C=O) groups is 3. The third-order valence-electron chi connectivity index (χ3n) is 6.22. The van der Waals surface area contributed by atoms with Gasteiger partial charge in [0, 0.05) is 19.6 Å². The van der Waals surface area contributed by atoms with E-state index in [-0.39, 0.29) is 38.4 Å². The molecule has 0 radical (unpaired) electrons. The van der Waals surface area contributed by atoms with Crippen molar-refractivity contribution in [3.63, 3.8) is 0 Å². The number of carboxylic acid groups (broad SMARTS) is 1. The topological polar surface area (TPSA) is 123 Å². The lowest BCUT2D eigenvalue weighted by atomic mass is 9.98. The standard InChI is InChI=1S/C25H28N2O7/c1-32-14-22(23(28)26-11-16-10-15(12-33-16)24(29)30)27-25(31)34-13-21-19-8-4-2-6-17(19)18-7-3-5-9-20(18)21/h2-9,15-16,21-22H,10-14H2,1H3,(H,26,28)(H,27,31)(H,29,30)/t15-,16-,22?/m0/s1.